The van der Waals surface area contributed by atoms with Gasteiger partial charge in [-0.2, -0.15) is 0 Å². The first-order valence-corrected chi connectivity index (χ1v) is 8.94. The Kier molecular flexibility index (Phi) is 7.04. The van der Waals surface area contributed by atoms with Crippen molar-refractivity contribution in [3.05, 3.63) is 50.9 Å². The summed E-state index contributed by atoms with van der Waals surface area (Å²) in [6.45, 7) is 3.41. The molecule has 0 spiro atoms. The van der Waals surface area contributed by atoms with Crippen LogP contribution in [0.5, 0.6) is 5.75 Å². The molecule has 0 atom stereocenters. The van der Waals surface area contributed by atoms with Crippen LogP contribution in [0.25, 0.3) is 0 Å². The van der Waals surface area contributed by atoms with Crippen molar-refractivity contribution in [2.24, 2.45) is 0 Å². The summed E-state index contributed by atoms with van der Waals surface area (Å²) in [5, 5.41) is 14.4. The number of nitrogens with zero attached hydrogens (tertiary/aromatic N) is 1. The number of nitrogens with one attached hydrogen (secondary N) is 1. The van der Waals surface area contributed by atoms with E-state index in [1.165, 1.54) is 29.6 Å². The maximum atomic E-state index is 12.2. The Labute approximate surface area is 163 Å². The van der Waals surface area contributed by atoms with Crippen molar-refractivity contribution >= 4 is 40.1 Å². The van der Waals surface area contributed by atoms with E-state index in [9.17, 15) is 24.5 Å². The number of hydrogen-bond acceptors (Lipinski definition) is 9. The predicted molar refractivity (Wildman–Crippen MR) is 99.0 cm³/mol. The van der Waals surface area contributed by atoms with Gasteiger partial charge >= 0.3 is 18.0 Å². The number of carbonyl (C=O) groups is 3. The maximum absolute atomic E-state index is 12.2. The van der Waals surface area contributed by atoms with Gasteiger partial charge in [0.15, 0.2) is 0 Å². The number of amides is 1. The zero-order chi connectivity index (χ0) is 20.7. The van der Waals surface area contributed by atoms with Gasteiger partial charge in [0.25, 0.3) is 5.69 Å². The number of nitro groups is 1. The summed E-state index contributed by atoms with van der Waals surface area (Å²) in [6.07, 6.45) is -0.948. The first kappa shape index (κ1) is 20.8. The number of esters is 2. The van der Waals surface area contributed by atoms with E-state index in [1.807, 2.05) is 0 Å². The number of anilines is 1. The van der Waals surface area contributed by atoms with Crippen molar-refractivity contribution in [1.29, 1.82) is 0 Å². The van der Waals surface area contributed by atoms with E-state index < -0.39 is 23.0 Å². The number of carbonyl (C=O) groups excluding carboxylic acids is 3. The van der Waals surface area contributed by atoms with Crippen molar-refractivity contribution < 1.29 is 33.5 Å². The maximum Gasteiger partial charge on any atom is 0.417 e. The molecule has 0 aliphatic rings. The van der Waals surface area contributed by atoms with Crippen LogP contribution in [0, 0.1) is 10.1 Å². The summed E-state index contributed by atoms with van der Waals surface area (Å²) in [6, 6.07) is 4.86. The molecule has 1 heterocycles. The zero-order valence-corrected chi connectivity index (χ0v) is 15.7. The predicted octanol–water partition coefficient (Wildman–Crippen LogP) is 3.62. The lowest BCUT2D eigenvalue weighted by Crippen LogP contribution is -2.19. The van der Waals surface area contributed by atoms with Gasteiger partial charge in [-0.25, -0.2) is 14.4 Å². The number of rotatable bonds is 7. The summed E-state index contributed by atoms with van der Waals surface area (Å²) < 4.78 is 14.9. The molecule has 0 bridgehead atoms. The fourth-order valence-electron chi connectivity index (χ4n) is 2.08. The molecular formula is C17H16N2O8S. The second-order valence-corrected chi connectivity index (χ2v) is 5.94. The van der Waals surface area contributed by atoms with Crippen LogP contribution >= 0.6 is 11.3 Å². The monoisotopic (exact) mass is 408 g/mol. The van der Waals surface area contributed by atoms with E-state index in [0.29, 0.717) is 0 Å². The molecule has 148 valence electrons. The summed E-state index contributed by atoms with van der Waals surface area (Å²) in [5.74, 6) is -1.46. The van der Waals surface area contributed by atoms with Gasteiger partial charge in [0.05, 0.1) is 23.7 Å². The minimum absolute atomic E-state index is 0.0315. The van der Waals surface area contributed by atoms with E-state index >= 15 is 0 Å². The molecule has 0 aliphatic heterocycles. The molecule has 0 saturated heterocycles. The van der Waals surface area contributed by atoms with Crippen molar-refractivity contribution in [1.82, 2.24) is 0 Å². The van der Waals surface area contributed by atoms with E-state index in [0.717, 1.165) is 11.3 Å². The summed E-state index contributed by atoms with van der Waals surface area (Å²) in [4.78, 5) is 46.4. The molecule has 1 aromatic heterocycles. The Balaban J connectivity index is 2.19. The molecule has 28 heavy (non-hydrogen) atoms. The Morgan fingerprint density at radius 2 is 1.68 bits per heavy atom. The zero-order valence-electron chi connectivity index (χ0n) is 14.9. The quantitative estimate of drug-likeness (QED) is 0.417. The lowest BCUT2D eigenvalue weighted by Gasteiger charge is -2.08. The number of ether oxygens (including phenoxy) is 3. The van der Waals surface area contributed by atoms with E-state index in [2.05, 4.69) is 5.32 Å². The molecule has 1 aromatic carbocycles. The van der Waals surface area contributed by atoms with E-state index in [1.54, 1.807) is 13.8 Å². The molecule has 2 aromatic rings. The average molecular weight is 408 g/mol. The van der Waals surface area contributed by atoms with Gasteiger partial charge in [-0.05, 0) is 26.0 Å². The van der Waals surface area contributed by atoms with Crippen molar-refractivity contribution in [3.63, 3.8) is 0 Å². The highest BCUT2D eigenvalue weighted by molar-refractivity contribution is 7.15. The van der Waals surface area contributed by atoms with Crippen molar-refractivity contribution in [2.45, 2.75) is 13.8 Å². The van der Waals surface area contributed by atoms with Crippen LogP contribution in [-0.2, 0) is 9.47 Å². The number of non-ortho nitro benzene ring substituents is 1. The van der Waals surface area contributed by atoms with Gasteiger partial charge in [-0.3, -0.25) is 15.4 Å². The van der Waals surface area contributed by atoms with E-state index in [4.69, 9.17) is 14.2 Å². The Bertz CT molecular complexity index is 891. The second kappa shape index (κ2) is 9.46. The summed E-state index contributed by atoms with van der Waals surface area (Å²) in [7, 11) is 0. The SMILES string of the molecule is CCOC(=O)c1csc(NC(=O)Oc2ccc([N+](=O)[O-])cc2)c1C(=O)OCC. The number of thiophene rings is 1. The molecule has 10 nitrogen and oxygen atoms in total. The first-order chi connectivity index (χ1) is 13.4. The van der Waals surface area contributed by atoms with Crippen molar-refractivity contribution in [2.75, 3.05) is 18.5 Å². The minimum atomic E-state index is -0.948. The van der Waals surface area contributed by atoms with Gasteiger partial charge in [0.2, 0.25) is 0 Å². The van der Waals surface area contributed by atoms with Crippen LogP contribution in [0.3, 0.4) is 0 Å². The highest BCUT2D eigenvalue weighted by Crippen LogP contribution is 2.30. The van der Waals surface area contributed by atoms with Gasteiger partial charge in [-0.1, -0.05) is 0 Å². The molecule has 0 fully saturated rings. The van der Waals surface area contributed by atoms with Gasteiger partial charge in [0, 0.05) is 17.5 Å². The molecule has 0 radical (unpaired) electrons. The molecule has 0 saturated carbocycles. The fourth-order valence-corrected chi connectivity index (χ4v) is 2.98. The molecule has 1 N–H and O–H groups in total. The smallest absolute Gasteiger partial charge is 0.417 e. The van der Waals surface area contributed by atoms with Gasteiger partial charge < -0.3 is 14.2 Å². The highest BCUT2D eigenvalue weighted by Gasteiger charge is 2.27. The normalized spacial score (nSPS) is 10.1. The molecule has 1 amide bonds. The third kappa shape index (κ3) is 5.04. The molecule has 11 heteroatoms. The van der Waals surface area contributed by atoms with Gasteiger partial charge in [-0.15, -0.1) is 11.3 Å². The highest BCUT2D eigenvalue weighted by atomic mass is 32.1. The number of benzene rings is 1. The summed E-state index contributed by atoms with van der Waals surface area (Å²) in [5.41, 5.74) is -0.323. The van der Waals surface area contributed by atoms with E-state index in [-0.39, 0.29) is 40.8 Å². The molecule has 0 aliphatic carbocycles. The lowest BCUT2D eigenvalue weighted by molar-refractivity contribution is -0.384. The Morgan fingerprint density at radius 3 is 2.25 bits per heavy atom. The van der Waals surface area contributed by atoms with Crippen LogP contribution in [0.4, 0.5) is 15.5 Å². The number of nitro benzene ring substituents is 1. The third-order valence-corrected chi connectivity index (χ3v) is 4.14. The van der Waals surface area contributed by atoms with Crippen LogP contribution < -0.4 is 10.1 Å². The van der Waals surface area contributed by atoms with Crippen LogP contribution in [0.15, 0.2) is 29.6 Å². The minimum Gasteiger partial charge on any atom is -0.462 e. The molecule has 2 rings (SSSR count). The Morgan fingerprint density at radius 1 is 1.07 bits per heavy atom. The van der Waals surface area contributed by atoms with Crippen LogP contribution in [0.2, 0.25) is 0 Å². The first-order valence-electron chi connectivity index (χ1n) is 8.06. The standard InChI is InChI=1S/C17H16N2O8S/c1-3-25-15(20)12-9-28-14(13(12)16(21)26-4-2)18-17(22)27-11-7-5-10(6-8-11)19(23)24/h5-9H,3-4H2,1-2H3,(H,18,22). The second-order valence-electron chi connectivity index (χ2n) is 5.06. The fraction of sp³-hybridized carbons (Fsp3) is 0.235. The largest absolute Gasteiger partial charge is 0.462 e. The molecular weight excluding hydrogens is 392 g/mol. The lowest BCUT2D eigenvalue weighted by atomic mass is 10.2. The van der Waals surface area contributed by atoms with Crippen LogP contribution in [0.1, 0.15) is 34.6 Å². The third-order valence-electron chi connectivity index (χ3n) is 3.24. The average Bonchev–Trinajstić information content (AvgIpc) is 3.06. The number of hydrogen-bond donors (Lipinski definition) is 1. The molecule has 0 unspecified atom stereocenters. The Hall–Kier alpha value is -3.47. The summed E-state index contributed by atoms with van der Waals surface area (Å²) >= 11 is 0.927. The van der Waals surface area contributed by atoms with Gasteiger partial charge in [0.1, 0.15) is 16.3 Å². The van der Waals surface area contributed by atoms with Crippen LogP contribution in [-0.4, -0.2) is 36.2 Å². The topological polar surface area (TPSA) is 134 Å². The van der Waals surface area contributed by atoms with Crippen molar-refractivity contribution in [3.8, 4) is 5.75 Å².